The molecule has 168 valence electrons. The second-order valence-electron chi connectivity index (χ2n) is 8.65. The van der Waals surface area contributed by atoms with Crippen LogP contribution in [0.4, 0.5) is 15.8 Å². The van der Waals surface area contributed by atoms with E-state index in [1.165, 1.54) is 23.5 Å². The van der Waals surface area contributed by atoms with Gasteiger partial charge < -0.3 is 9.80 Å². The van der Waals surface area contributed by atoms with Crippen LogP contribution in [0.2, 0.25) is 0 Å². The van der Waals surface area contributed by atoms with Crippen LogP contribution < -0.4 is 4.90 Å². The van der Waals surface area contributed by atoms with Gasteiger partial charge in [-0.2, -0.15) is 0 Å². The van der Waals surface area contributed by atoms with Gasteiger partial charge in [-0.1, -0.05) is 30.4 Å². The lowest BCUT2D eigenvalue weighted by Crippen LogP contribution is -2.48. The van der Waals surface area contributed by atoms with Crippen LogP contribution in [0.5, 0.6) is 0 Å². The van der Waals surface area contributed by atoms with Gasteiger partial charge >= 0.3 is 0 Å². The first-order valence-electron chi connectivity index (χ1n) is 11.3. The number of hydrogen-bond acceptors (Lipinski definition) is 4. The fraction of sp³-hybridized carbons (Fsp3) is 0.259. The summed E-state index contributed by atoms with van der Waals surface area (Å²) in [5.41, 5.74) is 6.18. The number of aromatic nitrogens is 1. The zero-order valence-corrected chi connectivity index (χ0v) is 18.7. The molecule has 1 fully saturated rings. The molecule has 1 saturated heterocycles. The van der Waals surface area contributed by atoms with Crippen molar-refractivity contribution in [3.63, 3.8) is 0 Å². The monoisotopic (exact) mass is 442 g/mol. The number of anilines is 2. The lowest BCUT2D eigenvalue weighted by molar-refractivity contribution is 0.0628. The quantitative estimate of drug-likeness (QED) is 0.590. The van der Waals surface area contributed by atoms with Gasteiger partial charge in [0, 0.05) is 62.4 Å². The van der Waals surface area contributed by atoms with E-state index in [2.05, 4.69) is 64.2 Å². The summed E-state index contributed by atoms with van der Waals surface area (Å²) < 4.78 is 13.4. The Morgan fingerprint density at radius 1 is 1.00 bits per heavy atom. The van der Waals surface area contributed by atoms with E-state index in [1.54, 1.807) is 6.20 Å². The summed E-state index contributed by atoms with van der Waals surface area (Å²) in [5.74, 6) is -0.250. The first kappa shape index (κ1) is 21.3. The Morgan fingerprint density at radius 3 is 2.61 bits per heavy atom. The SMILES string of the molecule is Cc1cc(C(=O)N2CCN(Cc3cncc(F)c3)CC2)ccc1N1CC=Cc2ccccc21. The van der Waals surface area contributed by atoms with Gasteiger partial charge in [-0.05, 0) is 53.9 Å². The average Bonchev–Trinajstić information content (AvgIpc) is 2.84. The maximum atomic E-state index is 13.4. The van der Waals surface area contributed by atoms with Gasteiger partial charge in [-0.25, -0.2) is 4.39 Å². The molecule has 0 aliphatic carbocycles. The lowest BCUT2D eigenvalue weighted by atomic mass is 10.0. The van der Waals surface area contributed by atoms with Gasteiger partial charge in [0.1, 0.15) is 5.82 Å². The van der Waals surface area contributed by atoms with Gasteiger partial charge in [0.25, 0.3) is 5.91 Å². The zero-order valence-electron chi connectivity index (χ0n) is 18.7. The molecule has 3 aromatic rings. The van der Waals surface area contributed by atoms with Gasteiger partial charge in [-0.15, -0.1) is 0 Å². The fourth-order valence-corrected chi connectivity index (χ4v) is 4.67. The molecule has 0 atom stereocenters. The largest absolute Gasteiger partial charge is 0.337 e. The van der Waals surface area contributed by atoms with Gasteiger partial charge in [-0.3, -0.25) is 14.7 Å². The highest BCUT2D eigenvalue weighted by Gasteiger charge is 2.23. The van der Waals surface area contributed by atoms with E-state index in [-0.39, 0.29) is 11.7 Å². The first-order valence-corrected chi connectivity index (χ1v) is 11.3. The number of piperazine rings is 1. The van der Waals surface area contributed by atoms with Crippen molar-refractivity contribution in [1.82, 2.24) is 14.8 Å². The van der Waals surface area contributed by atoms with Crippen molar-refractivity contribution in [1.29, 1.82) is 0 Å². The summed E-state index contributed by atoms with van der Waals surface area (Å²) in [7, 11) is 0. The predicted molar refractivity (Wildman–Crippen MR) is 129 cm³/mol. The molecule has 5 rings (SSSR count). The Kier molecular flexibility index (Phi) is 5.92. The number of para-hydroxylation sites is 1. The number of rotatable bonds is 4. The lowest BCUT2D eigenvalue weighted by Gasteiger charge is -2.35. The van der Waals surface area contributed by atoms with E-state index in [0.29, 0.717) is 19.6 Å². The molecule has 0 spiro atoms. The number of carbonyl (C=O) groups excluding carboxylic acids is 1. The minimum atomic E-state index is -0.316. The highest BCUT2D eigenvalue weighted by atomic mass is 19.1. The Balaban J connectivity index is 1.25. The molecule has 0 saturated carbocycles. The first-order chi connectivity index (χ1) is 16.1. The zero-order chi connectivity index (χ0) is 22.8. The van der Waals surface area contributed by atoms with Crippen molar-refractivity contribution in [2.24, 2.45) is 0 Å². The molecule has 6 heteroatoms. The third kappa shape index (κ3) is 4.52. The van der Waals surface area contributed by atoms with Crippen molar-refractivity contribution in [2.75, 3.05) is 37.6 Å². The molecule has 2 aliphatic rings. The standard InChI is InChI=1S/C27H27FN4O/c1-20-15-23(8-9-25(20)32-10-4-6-22-5-2-3-7-26(22)32)27(33)31-13-11-30(12-14-31)19-21-16-24(28)18-29-17-21/h2-9,15-18H,10-14,19H2,1H3. The number of amides is 1. The van der Waals surface area contributed by atoms with E-state index in [4.69, 9.17) is 0 Å². The molecule has 0 unspecified atom stereocenters. The summed E-state index contributed by atoms with van der Waals surface area (Å²) in [6, 6.07) is 15.9. The summed E-state index contributed by atoms with van der Waals surface area (Å²) in [4.78, 5) is 23.5. The summed E-state index contributed by atoms with van der Waals surface area (Å²) >= 11 is 0. The molecule has 0 bridgehead atoms. The van der Waals surface area contributed by atoms with Crippen LogP contribution in [0.3, 0.4) is 0 Å². The van der Waals surface area contributed by atoms with Crippen molar-refractivity contribution < 1.29 is 9.18 Å². The van der Waals surface area contributed by atoms with E-state index >= 15 is 0 Å². The van der Waals surface area contributed by atoms with Crippen LogP contribution in [0.1, 0.15) is 27.0 Å². The van der Waals surface area contributed by atoms with Crippen molar-refractivity contribution in [3.8, 4) is 0 Å². The number of hydrogen-bond donors (Lipinski definition) is 0. The maximum absolute atomic E-state index is 13.4. The van der Waals surface area contributed by atoms with E-state index in [0.717, 1.165) is 42.0 Å². The highest BCUT2D eigenvalue weighted by Crippen LogP contribution is 2.34. The fourth-order valence-electron chi connectivity index (χ4n) is 4.67. The summed E-state index contributed by atoms with van der Waals surface area (Å²) in [6.07, 6.45) is 7.24. The number of carbonyl (C=O) groups is 1. The van der Waals surface area contributed by atoms with Crippen LogP contribution in [-0.2, 0) is 6.54 Å². The third-order valence-electron chi connectivity index (χ3n) is 6.37. The number of benzene rings is 2. The normalized spacial score (nSPS) is 16.1. The third-order valence-corrected chi connectivity index (χ3v) is 6.37. The Morgan fingerprint density at radius 2 is 1.82 bits per heavy atom. The van der Waals surface area contributed by atoms with Crippen LogP contribution in [-0.4, -0.2) is 53.4 Å². The van der Waals surface area contributed by atoms with Crippen molar-refractivity contribution in [3.05, 3.63) is 95.1 Å². The Hall–Kier alpha value is -3.51. The minimum absolute atomic E-state index is 0.0654. The second-order valence-corrected chi connectivity index (χ2v) is 8.65. The predicted octanol–water partition coefficient (Wildman–Crippen LogP) is 4.65. The van der Waals surface area contributed by atoms with Crippen LogP contribution >= 0.6 is 0 Å². The molecule has 0 N–H and O–H groups in total. The molecule has 2 aliphatic heterocycles. The smallest absolute Gasteiger partial charge is 0.253 e. The molecule has 3 heterocycles. The number of aryl methyl sites for hydroxylation is 1. The van der Waals surface area contributed by atoms with E-state index < -0.39 is 0 Å². The molecule has 2 aromatic carbocycles. The second kappa shape index (κ2) is 9.16. The van der Waals surface area contributed by atoms with Crippen LogP contribution in [0.15, 0.2) is 67.0 Å². The topological polar surface area (TPSA) is 39.7 Å². The van der Waals surface area contributed by atoms with Gasteiger partial charge in [0.05, 0.1) is 6.20 Å². The molecule has 5 nitrogen and oxygen atoms in total. The van der Waals surface area contributed by atoms with Crippen molar-refractivity contribution >= 4 is 23.4 Å². The van der Waals surface area contributed by atoms with E-state index in [9.17, 15) is 9.18 Å². The van der Waals surface area contributed by atoms with Gasteiger partial charge in [0.2, 0.25) is 0 Å². The Bertz CT molecular complexity index is 1200. The Labute approximate surface area is 193 Å². The van der Waals surface area contributed by atoms with Crippen LogP contribution in [0, 0.1) is 12.7 Å². The summed E-state index contributed by atoms with van der Waals surface area (Å²) in [5, 5.41) is 0. The number of pyridine rings is 1. The number of fused-ring (bicyclic) bond motifs is 1. The van der Waals surface area contributed by atoms with E-state index in [1.807, 2.05) is 17.0 Å². The summed E-state index contributed by atoms with van der Waals surface area (Å²) in [6.45, 7) is 6.37. The average molecular weight is 443 g/mol. The number of nitrogens with zero attached hydrogens (tertiary/aromatic N) is 4. The molecular formula is C27H27FN4O. The minimum Gasteiger partial charge on any atom is -0.337 e. The molecule has 1 amide bonds. The molecular weight excluding hydrogens is 415 g/mol. The molecule has 0 radical (unpaired) electrons. The van der Waals surface area contributed by atoms with Crippen LogP contribution in [0.25, 0.3) is 6.08 Å². The van der Waals surface area contributed by atoms with Gasteiger partial charge in [0.15, 0.2) is 0 Å². The molecule has 33 heavy (non-hydrogen) atoms. The number of halogens is 1. The molecule has 1 aromatic heterocycles. The highest BCUT2D eigenvalue weighted by molar-refractivity contribution is 5.95. The van der Waals surface area contributed by atoms with Crippen molar-refractivity contribution in [2.45, 2.75) is 13.5 Å². The maximum Gasteiger partial charge on any atom is 0.253 e.